The topological polar surface area (TPSA) is 55.6 Å². The fourth-order valence-corrected chi connectivity index (χ4v) is 1.62. The molecule has 96 valence electrons. The van der Waals surface area contributed by atoms with Gasteiger partial charge < -0.3 is 14.5 Å². The van der Waals surface area contributed by atoms with Crippen LogP contribution >= 0.6 is 0 Å². The summed E-state index contributed by atoms with van der Waals surface area (Å²) in [5, 5.41) is 2.70. The van der Waals surface area contributed by atoms with Crippen LogP contribution in [0.5, 0.6) is 0 Å². The number of carbonyl (C=O) groups is 1. The fourth-order valence-electron chi connectivity index (χ4n) is 1.62. The number of pyridine rings is 1. The van der Waals surface area contributed by atoms with Crippen LogP contribution in [-0.4, -0.2) is 35.6 Å². The summed E-state index contributed by atoms with van der Waals surface area (Å²) in [7, 11) is 1.57. The third-order valence-electron chi connectivity index (χ3n) is 2.43. The summed E-state index contributed by atoms with van der Waals surface area (Å²) in [6.45, 7) is 0.944. The molecule has 2 rings (SSSR count). The van der Waals surface area contributed by atoms with Crippen molar-refractivity contribution in [2.75, 3.05) is 20.3 Å². The van der Waals surface area contributed by atoms with E-state index in [0.29, 0.717) is 24.5 Å². The molecule has 5 nitrogen and oxygen atoms in total. The van der Waals surface area contributed by atoms with Crippen LogP contribution in [0.3, 0.4) is 0 Å². The minimum atomic E-state index is -0.337. The van der Waals surface area contributed by atoms with Gasteiger partial charge >= 0.3 is 0 Å². The maximum absolute atomic E-state index is 13.0. The Labute approximate surface area is 104 Å². The van der Waals surface area contributed by atoms with Crippen molar-refractivity contribution in [2.24, 2.45) is 0 Å². The molecule has 2 aromatic heterocycles. The van der Waals surface area contributed by atoms with Gasteiger partial charge in [-0.3, -0.25) is 4.79 Å². The molecule has 0 fully saturated rings. The molecule has 0 spiro atoms. The van der Waals surface area contributed by atoms with E-state index in [1.54, 1.807) is 23.8 Å². The second-order valence-corrected chi connectivity index (χ2v) is 3.86. The number of hydrogen-bond acceptors (Lipinski definition) is 3. The minimum Gasteiger partial charge on any atom is -0.383 e. The largest absolute Gasteiger partial charge is 0.383 e. The van der Waals surface area contributed by atoms with Gasteiger partial charge in [0, 0.05) is 26.0 Å². The molecular weight excluding hydrogens is 237 g/mol. The van der Waals surface area contributed by atoms with Crippen LogP contribution in [0.4, 0.5) is 4.39 Å². The lowest BCUT2D eigenvalue weighted by atomic mass is 10.3. The van der Waals surface area contributed by atoms with Crippen molar-refractivity contribution in [2.45, 2.75) is 6.42 Å². The molecule has 0 aliphatic carbocycles. The van der Waals surface area contributed by atoms with E-state index >= 15 is 0 Å². The smallest absolute Gasteiger partial charge is 0.226 e. The highest BCUT2D eigenvalue weighted by Crippen LogP contribution is 2.07. The quantitative estimate of drug-likeness (QED) is 0.799. The summed E-state index contributed by atoms with van der Waals surface area (Å²) >= 11 is 0. The number of rotatable bonds is 5. The highest BCUT2D eigenvalue weighted by atomic mass is 19.1. The molecule has 0 bridgehead atoms. The number of amides is 1. The van der Waals surface area contributed by atoms with Gasteiger partial charge in [0.2, 0.25) is 5.91 Å². The van der Waals surface area contributed by atoms with Gasteiger partial charge in [-0.05, 0) is 12.1 Å². The van der Waals surface area contributed by atoms with E-state index in [9.17, 15) is 9.18 Å². The summed E-state index contributed by atoms with van der Waals surface area (Å²) in [4.78, 5) is 15.8. The van der Waals surface area contributed by atoms with Gasteiger partial charge in [-0.1, -0.05) is 0 Å². The SMILES string of the molecule is COCCNC(=O)Cc1cn2cc(F)ccc2n1. The van der Waals surface area contributed by atoms with Crippen molar-refractivity contribution in [1.82, 2.24) is 14.7 Å². The molecule has 1 amide bonds. The predicted molar refractivity (Wildman–Crippen MR) is 63.7 cm³/mol. The Morgan fingerprint density at radius 1 is 1.50 bits per heavy atom. The molecule has 0 unspecified atom stereocenters. The summed E-state index contributed by atoms with van der Waals surface area (Å²) in [6.07, 6.45) is 3.15. The van der Waals surface area contributed by atoms with Gasteiger partial charge in [0.05, 0.1) is 18.7 Å². The van der Waals surface area contributed by atoms with Gasteiger partial charge in [-0.15, -0.1) is 0 Å². The first-order chi connectivity index (χ1) is 8.69. The number of ether oxygens (including phenoxy) is 1. The lowest BCUT2D eigenvalue weighted by Gasteiger charge is -2.01. The van der Waals surface area contributed by atoms with Crippen molar-refractivity contribution >= 4 is 11.6 Å². The maximum Gasteiger partial charge on any atom is 0.226 e. The number of aromatic nitrogens is 2. The van der Waals surface area contributed by atoms with Crippen LogP contribution in [0.25, 0.3) is 5.65 Å². The number of methoxy groups -OCH3 is 1. The number of fused-ring (bicyclic) bond motifs is 1. The zero-order chi connectivity index (χ0) is 13.0. The zero-order valence-electron chi connectivity index (χ0n) is 10.0. The highest BCUT2D eigenvalue weighted by Gasteiger charge is 2.07. The van der Waals surface area contributed by atoms with Crippen LogP contribution in [-0.2, 0) is 16.0 Å². The van der Waals surface area contributed by atoms with Crippen molar-refractivity contribution in [3.63, 3.8) is 0 Å². The van der Waals surface area contributed by atoms with E-state index in [2.05, 4.69) is 10.3 Å². The third-order valence-corrected chi connectivity index (χ3v) is 2.43. The van der Waals surface area contributed by atoms with Crippen molar-refractivity contribution in [3.8, 4) is 0 Å². The van der Waals surface area contributed by atoms with E-state index in [0.717, 1.165) is 0 Å². The Hall–Kier alpha value is -1.95. The molecule has 0 atom stereocenters. The van der Waals surface area contributed by atoms with Crippen LogP contribution in [0.15, 0.2) is 24.5 Å². The van der Waals surface area contributed by atoms with Gasteiger partial charge in [-0.2, -0.15) is 0 Å². The summed E-state index contributed by atoms with van der Waals surface area (Å²) in [5.74, 6) is -0.466. The molecule has 0 saturated heterocycles. The van der Waals surface area contributed by atoms with Crippen molar-refractivity contribution in [3.05, 3.63) is 36.0 Å². The molecule has 18 heavy (non-hydrogen) atoms. The summed E-state index contributed by atoms with van der Waals surface area (Å²) in [6, 6.07) is 2.91. The normalized spacial score (nSPS) is 10.8. The molecule has 0 aromatic carbocycles. The standard InChI is InChI=1S/C12H14FN3O2/c1-18-5-4-14-12(17)6-10-8-16-7-9(13)2-3-11(16)15-10/h2-3,7-8H,4-6H2,1H3,(H,14,17). The van der Waals surface area contributed by atoms with Gasteiger partial charge in [-0.25, -0.2) is 9.37 Å². The predicted octanol–water partition coefficient (Wildman–Crippen LogP) is 0.778. The third kappa shape index (κ3) is 3.04. The second kappa shape index (κ2) is 5.59. The first kappa shape index (κ1) is 12.5. The van der Waals surface area contributed by atoms with Gasteiger partial charge in [0.15, 0.2) is 0 Å². The van der Waals surface area contributed by atoms with Gasteiger partial charge in [0.25, 0.3) is 0 Å². The Balaban J connectivity index is 2.01. The van der Waals surface area contributed by atoms with Gasteiger partial charge in [0.1, 0.15) is 11.5 Å². The number of hydrogen-bond donors (Lipinski definition) is 1. The first-order valence-corrected chi connectivity index (χ1v) is 5.58. The fraction of sp³-hybridized carbons (Fsp3) is 0.333. The molecule has 0 aliphatic rings. The van der Waals surface area contributed by atoms with Crippen LogP contribution in [0.2, 0.25) is 0 Å². The monoisotopic (exact) mass is 251 g/mol. The maximum atomic E-state index is 13.0. The lowest BCUT2D eigenvalue weighted by Crippen LogP contribution is -2.28. The Morgan fingerprint density at radius 3 is 3.11 bits per heavy atom. The Bertz CT molecular complexity index is 553. The second-order valence-electron chi connectivity index (χ2n) is 3.86. The molecule has 6 heteroatoms. The van der Waals surface area contributed by atoms with Crippen LogP contribution < -0.4 is 5.32 Å². The number of halogens is 1. The number of carbonyl (C=O) groups excluding carboxylic acids is 1. The molecule has 0 aliphatic heterocycles. The molecular formula is C12H14FN3O2. The van der Waals surface area contributed by atoms with Crippen molar-refractivity contribution < 1.29 is 13.9 Å². The van der Waals surface area contributed by atoms with E-state index in [4.69, 9.17) is 4.74 Å². The highest BCUT2D eigenvalue weighted by molar-refractivity contribution is 5.78. The Kier molecular flexibility index (Phi) is 3.88. The number of nitrogens with one attached hydrogen (secondary N) is 1. The molecule has 0 radical (unpaired) electrons. The van der Waals surface area contributed by atoms with E-state index in [1.165, 1.54) is 12.3 Å². The van der Waals surface area contributed by atoms with E-state index < -0.39 is 0 Å². The minimum absolute atomic E-state index is 0.129. The molecule has 0 saturated carbocycles. The first-order valence-electron chi connectivity index (χ1n) is 5.58. The Morgan fingerprint density at radius 2 is 2.33 bits per heavy atom. The number of imidazole rings is 1. The van der Waals surface area contributed by atoms with E-state index in [1.807, 2.05) is 0 Å². The average Bonchev–Trinajstić information content (AvgIpc) is 2.70. The van der Waals surface area contributed by atoms with Crippen LogP contribution in [0, 0.1) is 5.82 Å². The molecule has 2 heterocycles. The molecule has 1 N–H and O–H groups in total. The number of nitrogens with zero attached hydrogens (tertiary/aromatic N) is 2. The average molecular weight is 251 g/mol. The van der Waals surface area contributed by atoms with Crippen LogP contribution in [0.1, 0.15) is 5.69 Å². The lowest BCUT2D eigenvalue weighted by molar-refractivity contribution is -0.120. The van der Waals surface area contributed by atoms with E-state index in [-0.39, 0.29) is 18.1 Å². The van der Waals surface area contributed by atoms with Crippen molar-refractivity contribution in [1.29, 1.82) is 0 Å². The summed E-state index contributed by atoms with van der Waals surface area (Å²) < 4.78 is 19.4. The molecule has 2 aromatic rings. The summed E-state index contributed by atoms with van der Waals surface area (Å²) in [5.41, 5.74) is 1.23. The zero-order valence-corrected chi connectivity index (χ0v) is 10.0.